The number of carbonyl (C=O) groups is 1. The van der Waals surface area contributed by atoms with E-state index in [4.69, 9.17) is 8.92 Å². The van der Waals surface area contributed by atoms with Gasteiger partial charge in [-0.05, 0) is 83.2 Å². The van der Waals surface area contributed by atoms with Gasteiger partial charge in [0.15, 0.2) is 0 Å². The number of rotatable bonds is 12. The van der Waals surface area contributed by atoms with Gasteiger partial charge in [-0.2, -0.15) is 12.7 Å². The molecule has 8 nitrogen and oxygen atoms in total. The van der Waals surface area contributed by atoms with Crippen LogP contribution in [-0.2, 0) is 19.8 Å². The molecule has 1 atom stereocenters. The summed E-state index contributed by atoms with van der Waals surface area (Å²) in [5.74, 6) is 0.718. The maximum atomic E-state index is 12.7. The second-order valence-corrected chi connectivity index (χ2v) is 12.3. The first-order valence-corrected chi connectivity index (χ1v) is 14.7. The molecule has 1 saturated carbocycles. The second kappa shape index (κ2) is 13.6. The summed E-state index contributed by atoms with van der Waals surface area (Å²) < 4.78 is 37.3. The number of likely N-dealkylation sites (N-methyl/N-ethyl adjacent to an activating group) is 1. The van der Waals surface area contributed by atoms with Gasteiger partial charge >= 0.3 is 10.3 Å². The van der Waals surface area contributed by atoms with Gasteiger partial charge in [-0.3, -0.25) is 4.79 Å². The van der Waals surface area contributed by atoms with Gasteiger partial charge in [-0.25, -0.2) is 0 Å². The van der Waals surface area contributed by atoms with E-state index in [9.17, 15) is 13.2 Å². The van der Waals surface area contributed by atoms with Crippen LogP contribution in [0.2, 0.25) is 0 Å². The number of nitrogens with zero attached hydrogens (tertiary/aromatic N) is 2. The molecule has 1 aliphatic rings. The Balaban J connectivity index is 1.39. The molecule has 0 spiro atoms. The highest BCUT2D eigenvalue weighted by molar-refractivity contribution is 7.84. The first-order chi connectivity index (χ1) is 18.0. The number of aryl methyl sites for hydroxylation is 3. The molecule has 0 radical (unpaired) electrons. The minimum absolute atomic E-state index is 0.0795. The number of hydrogen-bond acceptors (Lipinski definition) is 6. The van der Waals surface area contributed by atoms with Crippen LogP contribution in [0.1, 0.15) is 54.0 Å². The first kappa shape index (κ1) is 30.1. The third kappa shape index (κ3) is 8.27. The molecule has 1 fully saturated rings. The molecular formula is C29H43N3O5S. The Hall–Kier alpha value is -2.46. The second-order valence-electron chi connectivity index (χ2n) is 10.6. The molecular weight excluding hydrogens is 502 g/mol. The summed E-state index contributed by atoms with van der Waals surface area (Å²) >= 11 is 0. The van der Waals surface area contributed by atoms with Crippen LogP contribution in [0.5, 0.6) is 5.75 Å². The fourth-order valence-corrected chi connectivity index (χ4v) is 6.33. The first-order valence-electron chi connectivity index (χ1n) is 13.3. The topological polar surface area (TPSA) is 88.2 Å². The fraction of sp³-hybridized carbons (Fsp3) is 0.552. The van der Waals surface area contributed by atoms with Crippen LogP contribution in [0, 0.1) is 26.7 Å². The van der Waals surface area contributed by atoms with E-state index < -0.39 is 10.3 Å². The van der Waals surface area contributed by atoms with Crippen molar-refractivity contribution < 1.29 is 22.1 Å². The van der Waals surface area contributed by atoms with E-state index in [-0.39, 0.29) is 31.7 Å². The summed E-state index contributed by atoms with van der Waals surface area (Å²) in [7, 11) is 1.71. The van der Waals surface area contributed by atoms with Crippen LogP contribution in [-0.4, -0.2) is 70.5 Å². The molecule has 2 aromatic carbocycles. The molecule has 1 unspecified atom stereocenters. The van der Waals surface area contributed by atoms with Gasteiger partial charge in [-0.15, -0.1) is 0 Å². The molecule has 1 aliphatic carbocycles. The van der Waals surface area contributed by atoms with E-state index in [1.165, 1.54) is 12.6 Å². The minimum atomic E-state index is -3.98. The fourth-order valence-electron chi connectivity index (χ4n) is 5.43. The highest BCUT2D eigenvalue weighted by Crippen LogP contribution is 2.37. The van der Waals surface area contributed by atoms with E-state index in [2.05, 4.69) is 48.6 Å². The van der Waals surface area contributed by atoms with E-state index in [1.54, 1.807) is 0 Å². The van der Waals surface area contributed by atoms with Gasteiger partial charge in [0.05, 0.1) is 6.61 Å². The molecule has 0 saturated heterocycles. The lowest BCUT2D eigenvalue weighted by molar-refractivity contribution is -0.126. The number of nitrogens with one attached hydrogen (secondary N) is 1. The quantitative estimate of drug-likeness (QED) is 0.403. The van der Waals surface area contributed by atoms with Gasteiger partial charge in [0.1, 0.15) is 12.4 Å². The molecule has 0 aromatic heterocycles. The van der Waals surface area contributed by atoms with Crippen molar-refractivity contribution in [1.82, 2.24) is 14.5 Å². The Morgan fingerprint density at radius 3 is 2.18 bits per heavy atom. The number of amides is 1. The third-order valence-corrected chi connectivity index (χ3v) is 8.56. The Bertz CT molecular complexity index is 1140. The van der Waals surface area contributed by atoms with Gasteiger partial charge < -0.3 is 19.1 Å². The Morgan fingerprint density at radius 1 is 1.00 bits per heavy atom. The molecule has 0 bridgehead atoms. The number of hydrogen-bond donors (Lipinski definition) is 1. The van der Waals surface area contributed by atoms with Gasteiger partial charge in [0.25, 0.3) is 0 Å². The molecule has 38 heavy (non-hydrogen) atoms. The number of benzene rings is 2. The lowest BCUT2D eigenvalue weighted by Gasteiger charge is -2.37. The lowest BCUT2D eigenvalue weighted by atomic mass is 9.78. The van der Waals surface area contributed by atoms with Crippen LogP contribution in [0.4, 0.5) is 0 Å². The monoisotopic (exact) mass is 545 g/mol. The zero-order valence-electron chi connectivity index (χ0n) is 23.6. The van der Waals surface area contributed by atoms with Crippen LogP contribution in [0.25, 0.3) is 0 Å². The maximum Gasteiger partial charge on any atom is 0.385 e. The zero-order chi connectivity index (χ0) is 27.9. The largest absolute Gasteiger partial charge is 0.385 e. The van der Waals surface area contributed by atoms with Crippen molar-refractivity contribution in [1.29, 1.82) is 0 Å². The predicted molar refractivity (Wildman–Crippen MR) is 150 cm³/mol. The van der Waals surface area contributed by atoms with Crippen LogP contribution in [0.3, 0.4) is 0 Å². The molecule has 1 amide bonds. The average molecular weight is 546 g/mol. The maximum absolute atomic E-state index is 12.7. The van der Waals surface area contributed by atoms with E-state index in [1.807, 2.05) is 39.0 Å². The van der Waals surface area contributed by atoms with Crippen molar-refractivity contribution in [3.63, 3.8) is 0 Å². The summed E-state index contributed by atoms with van der Waals surface area (Å²) in [5, 5.41) is 3.08. The molecule has 2 aromatic rings. The lowest BCUT2D eigenvalue weighted by Crippen LogP contribution is -2.41. The summed E-state index contributed by atoms with van der Waals surface area (Å²) in [4.78, 5) is 14.7. The van der Waals surface area contributed by atoms with Crippen molar-refractivity contribution in [3.8, 4) is 5.75 Å². The Morgan fingerprint density at radius 2 is 1.61 bits per heavy atom. The molecule has 9 heteroatoms. The third-order valence-electron chi connectivity index (χ3n) is 7.24. The van der Waals surface area contributed by atoms with Crippen molar-refractivity contribution in [2.45, 2.75) is 58.5 Å². The highest BCUT2D eigenvalue weighted by Gasteiger charge is 2.30. The van der Waals surface area contributed by atoms with Gasteiger partial charge in [0, 0.05) is 25.7 Å². The van der Waals surface area contributed by atoms with Crippen LogP contribution < -0.4 is 9.50 Å². The zero-order valence-corrected chi connectivity index (χ0v) is 24.4. The van der Waals surface area contributed by atoms with Crippen LogP contribution in [0.15, 0.2) is 42.5 Å². The SMILES string of the molecule is Cc1cc(C)c(OS(=O)(=O)N(C)CCOCC(=O)NC2CCC(C(c3ccccc3)N(C)C)CC2)c(C)c1. The smallest absolute Gasteiger partial charge is 0.370 e. The summed E-state index contributed by atoms with van der Waals surface area (Å²) in [6, 6.07) is 14.9. The molecule has 210 valence electrons. The number of carbonyl (C=O) groups excluding carboxylic acids is 1. The van der Waals surface area contributed by atoms with E-state index in [0.29, 0.717) is 17.7 Å². The molecule has 3 rings (SSSR count). The molecule has 0 aliphatic heterocycles. The van der Waals surface area contributed by atoms with Crippen molar-refractivity contribution in [2.24, 2.45) is 5.92 Å². The summed E-state index contributed by atoms with van der Waals surface area (Å²) in [6.45, 7) is 5.67. The average Bonchev–Trinajstić information content (AvgIpc) is 2.85. The standard InChI is InChI=1S/C29H43N3O5S/c1-21-18-22(2)29(23(3)19-21)37-38(34,35)32(6)16-17-36-20-27(33)30-26-14-12-25(13-15-26)28(31(4)5)24-10-8-7-9-11-24/h7-11,18-19,25-26,28H,12-17,20H2,1-6H3,(H,30,33). The summed E-state index contributed by atoms with van der Waals surface area (Å²) in [6.07, 6.45) is 3.96. The Labute approximate surface area is 228 Å². The normalized spacial score (nSPS) is 18.9. The predicted octanol–water partition coefficient (Wildman–Crippen LogP) is 4.16. The van der Waals surface area contributed by atoms with Gasteiger partial charge in [-0.1, -0.05) is 48.0 Å². The van der Waals surface area contributed by atoms with Crippen molar-refractivity contribution in [3.05, 3.63) is 64.7 Å². The van der Waals surface area contributed by atoms with Crippen molar-refractivity contribution in [2.75, 3.05) is 40.9 Å². The van der Waals surface area contributed by atoms with Crippen LogP contribution >= 0.6 is 0 Å². The minimum Gasteiger partial charge on any atom is -0.370 e. The highest BCUT2D eigenvalue weighted by atomic mass is 32.2. The van der Waals surface area contributed by atoms with Crippen molar-refractivity contribution >= 4 is 16.2 Å². The summed E-state index contributed by atoms with van der Waals surface area (Å²) in [5.41, 5.74) is 3.90. The van der Waals surface area contributed by atoms with Gasteiger partial charge in [0.2, 0.25) is 5.91 Å². The molecule has 0 heterocycles. The molecule has 1 N–H and O–H groups in total. The number of ether oxygens (including phenoxy) is 1. The Kier molecular flexibility index (Phi) is 10.7. The van der Waals surface area contributed by atoms with E-state index in [0.717, 1.165) is 46.7 Å². The van der Waals surface area contributed by atoms with E-state index >= 15 is 0 Å².